The van der Waals surface area contributed by atoms with Gasteiger partial charge in [-0.05, 0) is 54.4 Å². The van der Waals surface area contributed by atoms with E-state index in [0.29, 0.717) is 41.7 Å². The molecule has 0 saturated heterocycles. The van der Waals surface area contributed by atoms with Crippen LogP contribution in [0.3, 0.4) is 0 Å². The molecule has 0 aliphatic heterocycles. The third kappa shape index (κ3) is 5.08. The highest BCUT2D eigenvalue weighted by molar-refractivity contribution is 5.93. The van der Waals surface area contributed by atoms with Gasteiger partial charge in [0.1, 0.15) is 0 Å². The molecular formula is C26H35NO2. The molecule has 7 atom stereocenters. The molecule has 0 bridgehead atoms. The summed E-state index contributed by atoms with van der Waals surface area (Å²) in [5.74, 6) is 2.42. The van der Waals surface area contributed by atoms with Gasteiger partial charge in [0.25, 0.3) is 0 Å². The van der Waals surface area contributed by atoms with Gasteiger partial charge in [-0.2, -0.15) is 0 Å². The number of rotatable bonds is 5. The molecule has 1 aromatic carbocycles. The molecule has 29 heavy (non-hydrogen) atoms. The molecule has 1 aromatic rings. The Morgan fingerprint density at radius 1 is 1.17 bits per heavy atom. The third-order valence-electron chi connectivity index (χ3n) is 6.91. The van der Waals surface area contributed by atoms with Gasteiger partial charge in [-0.15, -0.1) is 0 Å². The SMILES string of the molecule is CC(=CC=C[C@@H]1[C@H]2[C@H](C)[C@@H](O)[C@H](C)C[C@@H]2C=C[C@@H]1C)C(=O)NCc1ccccc1. The minimum Gasteiger partial charge on any atom is -0.393 e. The number of aliphatic hydroxyl groups is 1. The number of benzene rings is 1. The fraction of sp³-hybridized carbons (Fsp3) is 0.500. The van der Waals surface area contributed by atoms with E-state index in [4.69, 9.17) is 0 Å². The molecule has 156 valence electrons. The number of amides is 1. The van der Waals surface area contributed by atoms with Crippen molar-refractivity contribution in [3.05, 3.63) is 71.8 Å². The van der Waals surface area contributed by atoms with E-state index in [2.05, 4.69) is 44.3 Å². The van der Waals surface area contributed by atoms with Crippen LogP contribution >= 0.6 is 0 Å². The molecule has 0 radical (unpaired) electrons. The average Bonchev–Trinajstić information content (AvgIpc) is 2.72. The van der Waals surface area contributed by atoms with E-state index in [1.165, 1.54) is 0 Å². The number of carbonyl (C=O) groups is 1. The number of hydrogen-bond donors (Lipinski definition) is 2. The Hall–Kier alpha value is -2.13. The molecule has 0 unspecified atom stereocenters. The largest absolute Gasteiger partial charge is 0.393 e. The van der Waals surface area contributed by atoms with Crippen LogP contribution in [0.1, 0.15) is 39.7 Å². The molecule has 3 nitrogen and oxygen atoms in total. The summed E-state index contributed by atoms with van der Waals surface area (Å²) in [7, 11) is 0. The Morgan fingerprint density at radius 2 is 1.90 bits per heavy atom. The van der Waals surface area contributed by atoms with Crippen LogP contribution in [-0.4, -0.2) is 17.1 Å². The highest BCUT2D eigenvalue weighted by Gasteiger charge is 2.44. The summed E-state index contributed by atoms with van der Waals surface area (Å²) in [6.45, 7) is 9.00. The number of carbonyl (C=O) groups excluding carboxylic acids is 1. The summed E-state index contributed by atoms with van der Waals surface area (Å²) in [6.07, 6.45) is 11.7. The molecule has 2 aliphatic carbocycles. The van der Waals surface area contributed by atoms with Crippen LogP contribution in [0.4, 0.5) is 0 Å². The third-order valence-corrected chi connectivity index (χ3v) is 6.91. The zero-order valence-corrected chi connectivity index (χ0v) is 18.1. The van der Waals surface area contributed by atoms with E-state index in [1.54, 1.807) is 0 Å². The van der Waals surface area contributed by atoms with E-state index >= 15 is 0 Å². The minimum absolute atomic E-state index is 0.0387. The van der Waals surface area contributed by atoms with Crippen LogP contribution in [0.2, 0.25) is 0 Å². The lowest BCUT2D eigenvalue weighted by Crippen LogP contribution is -2.46. The first-order chi connectivity index (χ1) is 13.9. The Morgan fingerprint density at radius 3 is 2.62 bits per heavy atom. The van der Waals surface area contributed by atoms with Gasteiger partial charge >= 0.3 is 0 Å². The molecule has 0 aromatic heterocycles. The smallest absolute Gasteiger partial charge is 0.247 e. The van der Waals surface area contributed by atoms with E-state index in [-0.39, 0.29) is 17.9 Å². The molecule has 3 rings (SSSR count). The first kappa shape index (κ1) is 21.6. The van der Waals surface area contributed by atoms with Crippen molar-refractivity contribution in [2.75, 3.05) is 0 Å². The van der Waals surface area contributed by atoms with Crippen molar-refractivity contribution >= 4 is 5.91 Å². The lowest BCUT2D eigenvalue weighted by Gasteiger charge is -2.48. The first-order valence-electron chi connectivity index (χ1n) is 10.9. The van der Waals surface area contributed by atoms with Gasteiger partial charge < -0.3 is 10.4 Å². The highest BCUT2D eigenvalue weighted by atomic mass is 16.3. The summed E-state index contributed by atoms with van der Waals surface area (Å²) < 4.78 is 0. The quantitative estimate of drug-likeness (QED) is 0.425. The van der Waals surface area contributed by atoms with Crippen LogP contribution in [0.15, 0.2) is 66.3 Å². The standard InChI is InChI=1S/C26H35NO2/c1-17-13-14-22-15-19(3)25(28)20(4)24(22)23(17)12-8-9-18(2)26(29)27-16-21-10-6-5-7-11-21/h5-14,17,19-20,22-25,28H,15-16H2,1-4H3,(H,27,29)/t17-,19+,20-,22-,23-,24-,25-/m0/s1. The average molecular weight is 394 g/mol. The van der Waals surface area contributed by atoms with Crippen LogP contribution in [-0.2, 0) is 11.3 Å². The van der Waals surface area contributed by atoms with Crippen molar-refractivity contribution in [3.8, 4) is 0 Å². The van der Waals surface area contributed by atoms with Crippen LogP contribution < -0.4 is 5.32 Å². The summed E-state index contributed by atoms with van der Waals surface area (Å²) >= 11 is 0. The van der Waals surface area contributed by atoms with Crippen LogP contribution in [0, 0.1) is 35.5 Å². The Labute approximate surface area is 175 Å². The Bertz CT molecular complexity index is 779. The lowest BCUT2D eigenvalue weighted by molar-refractivity contribution is -0.117. The predicted molar refractivity (Wildman–Crippen MR) is 119 cm³/mol. The van der Waals surface area contributed by atoms with Gasteiger partial charge in [-0.25, -0.2) is 0 Å². The van der Waals surface area contributed by atoms with Crippen molar-refractivity contribution in [2.24, 2.45) is 35.5 Å². The second-order valence-corrected chi connectivity index (χ2v) is 9.03. The van der Waals surface area contributed by atoms with E-state index in [0.717, 1.165) is 12.0 Å². The molecule has 2 N–H and O–H groups in total. The van der Waals surface area contributed by atoms with Crippen molar-refractivity contribution in [1.82, 2.24) is 5.32 Å². The monoisotopic (exact) mass is 393 g/mol. The second kappa shape index (κ2) is 9.58. The number of allylic oxidation sites excluding steroid dienone is 5. The van der Waals surface area contributed by atoms with Crippen molar-refractivity contribution in [1.29, 1.82) is 0 Å². The van der Waals surface area contributed by atoms with E-state index in [9.17, 15) is 9.90 Å². The van der Waals surface area contributed by atoms with E-state index < -0.39 is 0 Å². The molecule has 1 fully saturated rings. The maximum Gasteiger partial charge on any atom is 0.247 e. The lowest BCUT2D eigenvalue weighted by atomic mass is 9.58. The first-order valence-corrected chi connectivity index (χ1v) is 10.9. The van der Waals surface area contributed by atoms with Gasteiger partial charge in [0, 0.05) is 12.1 Å². The molecule has 0 spiro atoms. The molecule has 3 heteroatoms. The predicted octanol–water partition coefficient (Wildman–Crippen LogP) is 4.90. The molecule has 1 saturated carbocycles. The number of nitrogens with one attached hydrogen (secondary N) is 1. The maximum atomic E-state index is 12.4. The van der Waals surface area contributed by atoms with Gasteiger partial charge in [0.2, 0.25) is 5.91 Å². The van der Waals surface area contributed by atoms with Gasteiger partial charge in [0.15, 0.2) is 0 Å². The van der Waals surface area contributed by atoms with Crippen molar-refractivity contribution < 1.29 is 9.90 Å². The molecular weight excluding hydrogens is 358 g/mol. The Kier molecular flexibility index (Phi) is 7.13. The van der Waals surface area contributed by atoms with Crippen molar-refractivity contribution in [3.63, 3.8) is 0 Å². The summed E-state index contributed by atoms with van der Waals surface area (Å²) in [5, 5.41) is 13.6. The number of fused-ring (bicyclic) bond motifs is 1. The van der Waals surface area contributed by atoms with Crippen LogP contribution in [0.5, 0.6) is 0 Å². The van der Waals surface area contributed by atoms with Gasteiger partial charge in [0.05, 0.1) is 6.10 Å². The number of hydrogen-bond acceptors (Lipinski definition) is 2. The normalized spacial score (nSPS) is 34.8. The fourth-order valence-corrected chi connectivity index (χ4v) is 5.13. The highest BCUT2D eigenvalue weighted by Crippen LogP contribution is 2.48. The molecule has 0 heterocycles. The number of aliphatic hydroxyl groups excluding tert-OH is 1. The minimum atomic E-state index is -0.230. The maximum absolute atomic E-state index is 12.4. The zero-order valence-electron chi connectivity index (χ0n) is 18.1. The fourth-order valence-electron chi connectivity index (χ4n) is 5.13. The molecule has 1 amide bonds. The Balaban J connectivity index is 1.64. The summed E-state index contributed by atoms with van der Waals surface area (Å²) in [6, 6.07) is 9.94. The van der Waals surface area contributed by atoms with Crippen LogP contribution in [0.25, 0.3) is 0 Å². The van der Waals surface area contributed by atoms with E-state index in [1.807, 2.05) is 49.4 Å². The summed E-state index contributed by atoms with van der Waals surface area (Å²) in [4.78, 5) is 12.4. The topological polar surface area (TPSA) is 49.3 Å². The molecule has 2 aliphatic rings. The summed E-state index contributed by atoms with van der Waals surface area (Å²) in [5.41, 5.74) is 1.80. The second-order valence-electron chi connectivity index (χ2n) is 9.03. The van der Waals surface area contributed by atoms with Gasteiger partial charge in [-0.3, -0.25) is 4.79 Å². The van der Waals surface area contributed by atoms with Crippen molar-refractivity contribution in [2.45, 2.75) is 46.8 Å². The zero-order chi connectivity index (χ0) is 21.0. The van der Waals surface area contributed by atoms with Gasteiger partial charge in [-0.1, -0.05) is 81.5 Å².